The SMILES string of the molecule is CCNc1nc(C)cc(N2CCN(CC3CCOCC3)CC2)n1. The van der Waals surface area contributed by atoms with E-state index in [0.717, 1.165) is 69.3 Å². The van der Waals surface area contributed by atoms with E-state index in [4.69, 9.17) is 4.74 Å². The van der Waals surface area contributed by atoms with E-state index in [1.807, 2.05) is 6.92 Å². The van der Waals surface area contributed by atoms with Crippen LogP contribution < -0.4 is 10.2 Å². The maximum atomic E-state index is 5.46. The van der Waals surface area contributed by atoms with E-state index in [-0.39, 0.29) is 0 Å². The number of hydrogen-bond acceptors (Lipinski definition) is 6. The summed E-state index contributed by atoms with van der Waals surface area (Å²) in [5.74, 6) is 2.61. The molecule has 3 rings (SSSR count). The smallest absolute Gasteiger partial charge is 0.224 e. The summed E-state index contributed by atoms with van der Waals surface area (Å²) in [6, 6.07) is 2.09. The Morgan fingerprint density at radius 3 is 2.61 bits per heavy atom. The summed E-state index contributed by atoms with van der Waals surface area (Å²) in [6.45, 7) is 12.4. The Morgan fingerprint density at radius 2 is 1.91 bits per heavy atom. The van der Waals surface area contributed by atoms with E-state index in [1.54, 1.807) is 0 Å². The normalized spacial score (nSPS) is 20.7. The van der Waals surface area contributed by atoms with E-state index in [0.29, 0.717) is 0 Å². The molecule has 0 unspecified atom stereocenters. The lowest BCUT2D eigenvalue weighted by Gasteiger charge is -2.37. The first-order chi connectivity index (χ1) is 11.2. The molecule has 0 radical (unpaired) electrons. The van der Waals surface area contributed by atoms with Gasteiger partial charge in [0.25, 0.3) is 0 Å². The van der Waals surface area contributed by atoms with Crippen molar-refractivity contribution in [3.8, 4) is 0 Å². The zero-order chi connectivity index (χ0) is 16.1. The molecule has 0 aliphatic carbocycles. The average Bonchev–Trinajstić information content (AvgIpc) is 2.56. The molecule has 128 valence electrons. The van der Waals surface area contributed by atoms with Gasteiger partial charge in [-0.3, -0.25) is 4.90 Å². The van der Waals surface area contributed by atoms with Gasteiger partial charge in [0.2, 0.25) is 5.95 Å². The molecule has 2 saturated heterocycles. The number of aryl methyl sites for hydroxylation is 1. The molecule has 2 aliphatic rings. The maximum Gasteiger partial charge on any atom is 0.224 e. The first kappa shape index (κ1) is 16.5. The van der Waals surface area contributed by atoms with Crippen LogP contribution in [0.2, 0.25) is 0 Å². The topological polar surface area (TPSA) is 53.5 Å². The molecule has 0 bridgehead atoms. The Bertz CT molecular complexity index is 496. The zero-order valence-electron chi connectivity index (χ0n) is 14.4. The Hall–Kier alpha value is -1.40. The van der Waals surface area contributed by atoms with Gasteiger partial charge >= 0.3 is 0 Å². The van der Waals surface area contributed by atoms with Crippen molar-refractivity contribution in [2.24, 2.45) is 5.92 Å². The van der Waals surface area contributed by atoms with E-state index < -0.39 is 0 Å². The minimum atomic E-state index is 0.743. The molecule has 0 amide bonds. The van der Waals surface area contributed by atoms with Gasteiger partial charge in [0.05, 0.1) is 0 Å². The van der Waals surface area contributed by atoms with Crippen molar-refractivity contribution in [2.75, 3.05) is 62.7 Å². The molecule has 23 heavy (non-hydrogen) atoms. The minimum Gasteiger partial charge on any atom is -0.381 e. The second-order valence-corrected chi connectivity index (χ2v) is 6.56. The van der Waals surface area contributed by atoms with E-state index >= 15 is 0 Å². The van der Waals surface area contributed by atoms with Crippen molar-refractivity contribution in [2.45, 2.75) is 26.7 Å². The van der Waals surface area contributed by atoms with Crippen LogP contribution in [0, 0.1) is 12.8 Å². The highest BCUT2D eigenvalue weighted by Gasteiger charge is 2.22. The van der Waals surface area contributed by atoms with Gasteiger partial charge < -0.3 is 15.0 Å². The molecular formula is C17H29N5O. The Balaban J connectivity index is 1.54. The van der Waals surface area contributed by atoms with Crippen LogP contribution in [-0.4, -0.2) is 67.4 Å². The van der Waals surface area contributed by atoms with Crippen molar-refractivity contribution >= 4 is 11.8 Å². The number of nitrogens with zero attached hydrogens (tertiary/aromatic N) is 4. The summed E-state index contributed by atoms with van der Waals surface area (Å²) in [5.41, 5.74) is 1.02. The Labute approximate surface area is 139 Å². The third-order valence-electron chi connectivity index (χ3n) is 4.73. The van der Waals surface area contributed by atoms with Gasteiger partial charge in [-0.05, 0) is 32.6 Å². The fourth-order valence-corrected chi connectivity index (χ4v) is 3.40. The fourth-order valence-electron chi connectivity index (χ4n) is 3.40. The predicted octanol–water partition coefficient (Wildman–Crippen LogP) is 1.77. The number of piperazine rings is 1. The third kappa shape index (κ3) is 4.54. The van der Waals surface area contributed by atoms with Crippen molar-refractivity contribution in [1.29, 1.82) is 0 Å². The van der Waals surface area contributed by atoms with Crippen LogP contribution in [0.25, 0.3) is 0 Å². The second-order valence-electron chi connectivity index (χ2n) is 6.56. The molecule has 2 aliphatic heterocycles. The predicted molar refractivity (Wildman–Crippen MR) is 93.1 cm³/mol. The molecule has 3 heterocycles. The van der Waals surface area contributed by atoms with E-state index in [1.165, 1.54) is 19.4 Å². The lowest BCUT2D eigenvalue weighted by Crippen LogP contribution is -2.48. The highest BCUT2D eigenvalue weighted by molar-refractivity contribution is 5.45. The molecule has 0 aromatic carbocycles. The first-order valence-electron chi connectivity index (χ1n) is 8.89. The molecule has 0 spiro atoms. The number of anilines is 2. The number of rotatable bonds is 5. The van der Waals surface area contributed by atoms with Crippen LogP contribution in [0.5, 0.6) is 0 Å². The lowest BCUT2D eigenvalue weighted by molar-refractivity contribution is 0.0517. The van der Waals surface area contributed by atoms with Crippen molar-refractivity contribution < 1.29 is 4.74 Å². The zero-order valence-corrected chi connectivity index (χ0v) is 14.4. The van der Waals surface area contributed by atoms with Gasteiger partial charge in [-0.2, -0.15) is 4.98 Å². The van der Waals surface area contributed by atoms with Gasteiger partial charge in [-0.1, -0.05) is 0 Å². The van der Waals surface area contributed by atoms with Crippen molar-refractivity contribution in [1.82, 2.24) is 14.9 Å². The second kappa shape index (κ2) is 7.93. The third-order valence-corrected chi connectivity index (χ3v) is 4.73. The summed E-state index contributed by atoms with van der Waals surface area (Å²) >= 11 is 0. The van der Waals surface area contributed by atoms with E-state index in [2.05, 4.69) is 38.1 Å². The molecule has 1 aromatic heterocycles. The first-order valence-corrected chi connectivity index (χ1v) is 8.89. The maximum absolute atomic E-state index is 5.46. The average molecular weight is 319 g/mol. The lowest BCUT2D eigenvalue weighted by atomic mass is 9.99. The molecule has 1 N–H and O–H groups in total. The van der Waals surface area contributed by atoms with Gasteiger partial charge in [-0.25, -0.2) is 4.98 Å². The molecule has 0 saturated carbocycles. The molecule has 2 fully saturated rings. The van der Waals surface area contributed by atoms with Gasteiger partial charge in [0.15, 0.2) is 0 Å². The van der Waals surface area contributed by atoms with Gasteiger partial charge in [0.1, 0.15) is 5.82 Å². The molecule has 0 atom stereocenters. The van der Waals surface area contributed by atoms with Crippen LogP contribution in [0.4, 0.5) is 11.8 Å². The number of hydrogen-bond donors (Lipinski definition) is 1. The van der Waals surface area contributed by atoms with Crippen LogP contribution >= 0.6 is 0 Å². The highest BCUT2D eigenvalue weighted by Crippen LogP contribution is 2.20. The summed E-state index contributed by atoms with van der Waals surface area (Å²) in [7, 11) is 0. The van der Waals surface area contributed by atoms with Crippen LogP contribution in [-0.2, 0) is 4.74 Å². The van der Waals surface area contributed by atoms with Crippen molar-refractivity contribution in [3.63, 3.8) is 0 Å². The standard InChI is InChI=1S/C17H29N5O/c1-3-18-17-19-14(2)12-16(20-17)22-8-6-21(7-9-22)13-15-4-10-23-11-5-15/h12,15H,3-11,13H2,1-2H3,(H,18,19,20). The van der Waals surface area contributed by atoms with Crippen LogP contribution in [0.15, 0.2) is 6.07 Å². The highest BCUT2D eigenvalue weighted by atomic mass is 16.5. The molecule has 1 aromatic rings. The van der Waals surface area contributed by atoms with Gasteiger partial charge in [-0.15, -0.1) is 0 Å². The number of nitrogens with one attached hydrogen (secondary N) is 1. The molecule has 6 heteroatoms. The van der Waals surface area contributed by atoms with Crippen LogP contribution in [0.3, 0.4) is 0 Å². The summed E-state index contributed by atoms with van der Waals surface area (Å²) in [4.78, 5) is 14.1. The summed E-state index contributed by atoms with van der Waals surface area (Å²) < 4.78 is 5.46. The molecule has 6 nitrogen and oxygen atoms in total. The fraction of sp³-hybridized carbons (Fsp3) is 0.765. The summed E-state index contributed by atoms with van der Waals surface area (Å²) in [5, 5.41) is 3.22. The molecular weight excluding hydrogens is 290 g/mol. The number of aromatic nitrogens is 2. The van der Waals surface area contributed by atoms with Crippen molar-refractivity contribution in [3.05, 3.63) is 11.8 Å². The monoisotopic (exact) mass is 319 g/mol. The van der Waals surface area contributed by atoms with E-state index in [9.17, 15) is 0 Å². The largest absolute Gasteiger partial charge is 0.381 e. The summed E-state index contributed by atoms with van der Waals surface area (Å²) in [6.07, 6.45) is 2.44. The number of ether oxygens (including phenoxy) is 1. The minimum absolute atomic E-state index is 0.743. The Morgan fingerprint density at radius 1 is 1.17 bits per heavy atom. The quantitative estimate of drug-likeness (QED) is 0.893. The Kier molecular flexibility index (Phi) is 5.67. The van der Waals surface area contributed by atoms with Crippen LogP contribution in [0.1, 0.15) is 25.5 Å². The van der Waals surface area contributed by atoms with Gasteiger partial charge in [0, 0.05) is 64.2 Å².